The first-order chi connectivity index (χ1) is 13.8. The molecule has 0 amide bonds. The molecule has 2 aromatic carbocycles. The predicted octanol–water partition coefficient (Wildman–Crippen LogP) is 2.43. The Hall–Kier alpha value is -2.62. The monoisotopic (exact) mass is 419 g/mol. The number of fused-ring (bicyclic) bond motifs is 1. The first-order valence-corrected chi connectivity index (χ1v) is 10.6. The van der Waals surface area contributed by atoms with Crippen molar-refractivity contribution in [2.24, 2.45) is 0 Å². The zero-order chi connectivity index (χ0) is 20.6. The molecule has 2 aliphatic heterocycles. The first-order valence-electron chi connectivity index (χ1n) is 9.20. The highest BCUT2D eigenvalue weighted by Gasteiger charge is 2.32. The summed E-state index contributed by atoms with van der Waals surface area (Å²) in [5.74, 6) is 0.811. The Bertz CT molecular complexity index is 1010. The molecule has 2 aliphatic rings. The van der Waals surface area contributed by atoms with E-state index in [4.69, 9.17) is 18.9 Å². The molecule has 29 heavy (non-hydrogen) atoms. The number of carbonyl (C=O) groups excluding carboxylic acids is 1. The minimum absolute atomic E-state index is 0.124. The number of hydrogen-bond donors (Lipinski definition) is 0. The number of ether oxygens (including phenoxy) is 4. The number of benzene rings is 2. The summed E-state index contributed by atoms with van der Waals surface area (Å²) in [5, 5.41) is 0. The molecular weight excluding hydrogens is 398 g/mol. The second-order valence-corrected chi connectivity index (χ2v) is 8.95. The fourth-order valence-electron chi connectivity index (χ4n) is 3.35. The van der Waals surface area contributed by atoms with E-state index in [0.29, 0.717) is 30.3 Å². The molecule has 2 unspecified atom stereocenters. The van der Waals surface area contributed by atoms with E-state index in [-0.39, 0.29) is 29.5 Å². The maximum atomic E-state index is 12.9. The first kappa shape index (κ1) is 19.7. The number of esters is 1. The van der Waals surface area contributed by atoms with E-state index in [9.17, 15) is 13.2 Å². The zero-order valence-electron chi connectivity index (χ0n) is 16.0. The molecule has 4 rings (SSSR count). The molecule has 1 saturated heterocycles. The van der Waals surface area contributed by atoms with Crippen molar-refractivity contribution in [3.8, 4) is 17.2 Å². The van der Waals surface area contributed by atoms with Crippen LogP contribution in [0, 0.1) is 0 Å². The van der Waals surface area contributed by atoms with Crippen molar-refractivity contribution in [1.82, 2.24) is 4.31 Å². The van der Waals surface area contributed by atoms with Crippen LogP contribution in [-0.4, -0.2) is 50.8 Å². The minimum Gasteiger partial charge on any atom is -0.454 e. The van der Waals surface area contributed by atoms with Gasteiger partial charge in [0.25, 0.3) is 0 Å². The Morgan fingerprint density at radius 2 is 1.66 bits per heavy atom. The van der Waals surface area contributed by atoms with E-state index in [1.54, 1.807) is 18.2 Å². The smallest absolute Gasteiger partial charge is 0.343 e. The van der Waals surface area contributed by atoms with Crippen molar-refractivity contribution in [1.29, 1.82) is 0 Å². The van der Waals surface area contributed by atoms with Crippen molar-refractivity contribution in [3.05, 3.63) is 48.0 Å². The highest BCUT2D eigenvalue weighted by Crippen LogP contribution is 2.35. The van der Waals surface area contributed by atoms with E-state index in [0.717, 1.165) is 0 Å². The van der Waals surface area contributed by atoms with Crippen LogP contribution in [0.2, 0.25) is 0 Å². The average molecular weight is 419 g/mol. The molecular formula is C20H21NO7S. The molecule has 0 spiro atoms. The van der Waals surface area contributed by atoms with Gasteiger partial charge in [-0.25, -0.2) is 13.2 Å². The van der Waals surface area contributed by atoms with Crippen LogP contribution in [0.1, 0.15) is 24.2 Å². The average Bonchev–Trinajstić information content (AvgIpc) is 3.15. The molecule has 0 saturated carbocycles. The van der Waals surface area contributed by atoms with Gasteiger partial charge in [0.1, 0.15) is 5.75 Å². The van der Waals surface area contributed by atoms with E-state index < -0.39 is 16.0 Å². The van der Waals surface area contributed by atoms with Gasteiger partial charge in [0.15, 0.2) is 11.5 Å². The van der Waals surface area contributed by atoms with Crippen LogP contribution in [-0.2, 0) is 14.8 Å². The summed E-state index contributed by atoms with van der Waals surface area (Å²) < 4.78 is 48.6. The molecule has 0 radical (unpaired) electrons. The summed E-state index contributed by atoms with van der Waals surface area (Å²) in [7, 11) is -3.67. The number of sulfonamides is 1. The zero-order valence-corrected chi connectivity index (χ0v) is 16.8. The van der Waals surface area contributed by atoms with Crippen molar-refractivity contribution in [2.75, 3.05) is 19.9 Å². The lowest BCUT2D eigenvalue weighted by atomic mass is 10.2. The SMILES string of the molecule is CC1CN(S(=O)(=O)c2ccc(C(=O)Oc3ccc4c(c3)OCO4)cc2)CC(C)O1. The summed E-state index contributed by atoms with van der Waals surface area (Å²) in [6, 6.07) is 10.5. The minimum atomic E-state index is -3.67. The lowest BCUT2D eigenvalue weighted by molar-refractivity contribution is -0.0440. The largest absolute Gasteiger partial charge is 0.454 e. The summed E-state index contributed by atoms with van der Waals surface area (Å²) in [4.78, 5) is 12.5. The van der Waals surface area contributed by atoms with Crippen LogP contribution in [0.4, 0.5) is 0 Å². The van der Waals surface area contributed by atoms with Crippen LogP contribution in [0.3, 0.4) is 0 Å². The molecule has 0 aliphatic carbocycles. The van der Waals surface area contributed by atoms with Crippen molar-refractivity contribution < 1.29 is 32.2 Å². The molecule has 1 fully saturated rings. The number of morpholine rings is 1. The van der Waals surface area contributed by atoms with E-state index in [1.165, 1.54) is 28.6 Å². The van der Waals surface area contributed by atoms with Crippen molar-refractivity contribution >= 4 is 16.0 Å². The number of nitrogens with zero attached hydrogens (tertiary/aromatic N) is 1. The highest BCUT2D eigenvalue weighted by molar-refractivity contribution is 7.89. The Labute approximate surface area is 169 Å². The Kier molecular flexibility index (Phi) is 5.20. The standard InChI is InChI=1S/C20H21NO7S/c1-13-10-21(11-14(2)27-13)29(23,24)17-6-3-15(4-7-17)20(22)28-16-5-8-18-19(9-16)26-12-25-18/h3-9,13-14H,10-12H2,1-2H3. The lowest BCUT2D eigenvalue weighted by Crippen LogP contribution is -2.48. The molecule has 2 aromatic rings. The van der Waals surface area contributed by atoms with E-state index in [2.05, 4.69) is 0 Å². The van der Waals surface area contributed by atoms with Crippen molar-refractivity contribution in [2.45, 2.75) is 31.0 Å². The highest BCUT2D eigenvalue weighted by atomic mass is 32.2. The van der Waals surface area contributed by atoms with E-state index in [1.807, 2.05) is 13.8 Å². The van der Waals surface area contributed by atoms with Crippen molar-refractivity contribution in [3.63, 3.8) is 0 Å². The molecule has 9 heteroatoms. The number of carbonyl (C=O) groups is 1. The van der Waals surface area contributed by atoms with E-state index >= 15 is 0 Å². The molecule has 0 bridgehead atoms. The molecule has 8 nitrogen and oxygen atoms in total. The summed E-state index contributed by atoms with van der Waals surface area (Å²) in [6.45, 7) is 4.39. The maximum Gasteiger partial charge on any atom is 0.343 e. The van der Waals surface area contributed by atoms with Gasteiger partial charge < -0.3 is 18.9 Å². The molecule has 154 valence electrons. The molecule has 0 N–H and O–H groups in total. The molecule has 2 heterocycles. The van der Waals surface area contributed by atoms with Crippen LogP contribution in [0.15, 0.2) is 47.4 Å². The van der Waals surface area contributed by atoms with Gasteiger partial charge in [-0.15, -0.1) is 0 Å². The third-order valence-corrected chi connectivity index (χ3v) is 6.51. The van der Waals surface area contributed by atoms with Gasteiger partial charge in [-0.2, -0.15) is 4.31 Å². The fraction of sp³-hybridized carbons (Fsp3) is 0.350. The quantitative estimate of drug-likeness (QED) is 0.555. The van der Waals surface area contributed by atoms with Gasteiger partial charge in [0, 0.05) is 19.2 Å². The van der Waals surface area contributed by atoms with Gasteiger partial charge in [-0.1, -0.05) is 0 Å². The van der Waals surface area contributed by atoms with Gasteiger partial charge >= 0.3 is 5.97 Å². The van der Waals surface area contributed by atoms with Gasteiger partial charge in [-0.05, 0) is 50.2 Å². The third-order valence-electron chi connectivity index (χ3n) is 4.67. The molecule has 0 aromatic heterocycles. The lowest BCUT2D eigenvalue weighted by Gasteiger charge is -2.34. The summed E-state index contributed by atoms with van der Waals surface area (Å²) >= 11 is 0. The fourth-order valence-corrected chi connectivity index (χ4v) is 4.94. The van der Waals surface area contributed by atoms with Gasteiger partial charge in [-0.3, -0.25) is 0 Å². The van der Waals surface area contributed by atoms with Crippen LogP contribution in [0.5, 0.6) is 17.2 Å². The number of rotatable bonds is 4. The molecule has 2 atom stereocenters. The van der Waals surface area contributed by atoms with Gasteiger partial charge in [0.2, 0.25) is 16.8 Å². The second kappa shape index (κ2) is 7.66. The van der Waals surface area contributed by atoms with Gasteiger partial charge in [0.05, 0.1) is 22.7 Å². The van der Waals surface area contributed by atoms with Crippen LogP contribution >= 0.6 is 0 Å². The van der Waals surface area contributed by atoms with Crippen LogP contribution < -0.4 is 14.2 Å². The predicted molar refractivity (Wildman–Crippen MR) is 103 cm³/mol. The number of hydrogen-bond acceptors (Lipinski definition) is 7. The van der Waals surface area contributed by atoms with Crippen LogP contribution in [0.25, 0.3) is 0 Å². The maximum absolute atomic E-state index is 12.9. The third kappa shape index (κ3) is 4.07. The normalized spacial score (nSPS) is 21.7. The Morgan fingerprint density at radius 3 is 2.34 bits per heavy atom. The summed E-state index contributed by atoms with van der Waals surface area (Å²) in [5.41, 5.74) is 0.241. The Balaban J connectivity index is 1.47. The summed E-state index contributed by atoms with van der Waals surface area (Å²) in [6.07, 6.45) is -0.353. The Morgan fingerprint density at radius 1 is 1.00 bits per heavy atom. The second-order valence-electron chi connectivity index (χ2n) is 7.01. The topological polar surface area (TPSA) is 91.4 Å².